The van der Waals surface area contributed by atoms with Gasteiger partial charge in [-0.2, -0.15) is 0 Å². The molecule has 1 rings (SSSR count). The standard InChI is InChI=1S/C17H37N3/c1-5-11-18-17(16-9-7-8-10-16)15-20(12-6-2)14-13-19(3)4/h16-18H,5-15H2,1-4H3. The minimum absolute atomic E-state index is 0.714. The van der Waals surface area contributed by atoms with Crippen LogP contribution in [0.3, 0.4) is 0 Å². The summed E-state index contributed by atoms with van der Waals surface area (Å²) in [7, 11) is 4.35. The van der Waals surface area contributed by atoms with E-state index in [0.29, 0.717) is 6.04 Å². The summed E-state index contributed by atoms with van der Waals surface area (Å²) < 4.78 is 0. The highest BCUT2D eigenvalue weighted by atomic mass is 15.2. The summed E-state index contributed by atoms with van der Waals surface area (Å²) in [6.45, 7) is 10.6. The molecule has 0 radical (unpaired) electrons. The van der Waals surface area contributed by atoms with Gasteiger partial charge in [-0.05, 0) is 58.8 Å². The fraction of sp³-hybridized carbons (Fsp3) is 1.00. The molecule has 1 aliphatic carbocycles. The normalized spacial score (nSPS) is 18.3. The molecule has 0 bridgehead atoms. The largest absolute Gasteiger partial charge is 0.312 e. The van der Waals surface area contributed by atoms with Gasteiger partial charge in [0.1, 0.15) is 0 Å². The zero-order valence-electron chi connectivity index (χ0n) is 14.3. The van der Waals surface area contributed by atoms with Crippen LogP contribution in [0.1, 0.15) is 52.4 Å². The van der Waals surface area contributed by atoms with Crippen LogP contribution < -0.4 is 5.32 Å². The molecular weight excluding hydrogens is 246 g/mol. The van der Waals surface area contributed by atoms with Crippen molar-refractivity contribution in [1.29, 1.82) is 0 Å². The number of rotatable bonds is 11. The van der Waals surface area contributed by atoms with Crippen molar-refractivity contribution in [2.24, 2.45) is 5.92 Å². The van der Waals surface area contributed by atoms with Crippen LogP contribution in [0, 0.1) is 5.92 Å². The van der Waals surface area contributed by atoms with Crippen LogP contribution in [0.25, 0.3) is 0 Å². The maximum atomic E-state index is 3.83. The van der Waals surface area contributed by atoms with Crippen molar-refractivity contribution in [2.75, 3.05) is 46.8 Å². The number of nitrogens with zero attached hydrogens (tertiary/aromatic N) is 2. The van der Waals surface area contributed by atoms with Gasteiger partial charge in [0.15, 0.2) is 0 Å². The molecule has 1 atom stereocenters. The second-order valence-corrected chi connectivity index (χ2v) is 6.71. The van der Waals surface area contributed by atoms with Crippen LogP contribution in [0.15, 0.2) is 0 Å². The van der Waals surface area contributed by atoms with Crippen molar-refractivity contribution in [2.45, 2.75) is 58.4 Å². The first-order valence-corrected chi connectivity index (χ1v) is 8.77. The van der Waals surface area contributed by atoms with Gasteiger partial charge in [0, 0.05) is 25.7 Å². The van der Waals surface area contributed by atoms with E-state index in [-0.39, 0.29) is 0 Å². The van der Waals surface area contributed by atoms with Crippen LogP contribution in [-0.4, -0.2) is 62.7 Å². The molecular formula is C17H37N3. The predicted molar refractivity (Wildman–Crippen MR) is 89.3 cm³/mol. The molecule has 1 unspecified atom stereocenters. The van der Waals surface area contributed by atoms with Crippen molar-refractivity contribution in [3.63, 3.8) is 0 Å². The summed E-state index contributed by atoms with van der Waals surface area (Å²) >= 11 is 0. The SMILES string of the molecule is CCCNC(CN(CCC)CCN(C)C)C1CCCC1. The number of hydrogen-bond donors (Lipinski definition) is 1. The fourth-order valence-corrected chi connectivity index (χ4v) is 3.30. The average Bonchev–Trinajstić information content (AvgIpc) is 2.94. The van der Waals surface area contributed by atoms with E-state index in [1.54, 1.807) is 0 Å². The third kappa shape index (κ3) is 7.05. The Morgan fingerprint density at radius 1 is 1.00 bits per heavy atom. The number of nitrogens with one attached hydrogen (secondary N) is 1. The lowest BCUT2D eigenvalue weighted by molar-refractivity contribution is 0.192. The zero-order valence-corrected chi connectivity index (χ0v) is 14.3. The van der Waals surface area contributed by atoms with Crippen molar-refractivity contribution in [3.8, 4) is 0 Å². The van der Waals surface area contributed by atoms with E-state index in [0.717, 1.165) is 5.92 Å². The van der Waals surface area contributed by atoms with E-state index in [4.69, 9.17) is 0 Å². The topological polar surface area (TPSA) is 18.5 Å². The molecule has 0 amide bonds. The predicted octanol–water partition coefficient (Wildman–Crippen LogP) is 2.82. The van der Waals surface area contributed by atoms with Gasteiger partial charge in [0.05, 0.1) is 0 Å². The maximum Gasteiger partial charge on any atom is 0.0223 e. The van der Waals surface area contributed by atoms with Crippen molar-refractivity contribution in [3.05, 3.63) is 0 Å². The van der Waals surface area contributed by atoms with Gasteiger partial charge in [-0.1, -0.05) is 26.7 Å². The molecule has 0 saturated heterocycles. The molecule has 20 heavy (non-hydrogen) atoms. The van der Waals surface area contributed by atoms with Crippen molar-refractivity contribution in [1.82, 2.24) is 15.1 Å². The minimum Gasteiger partial charge on any atom is -0.312 e. The van der Waals surface area contributed by atoms with Gasteiger partial charge in [-0.3, -0.25) is 0 Å². The van der Waals surface area contributed by atoms with Crippen LogP contribution in [0.5, 0.6) is 0 Å². The Morgan fingerprint density at radius 2 is 1.70 bits per heavy atom. The van der Waals surface area contributed by atoms with Gasteiger partial charge < -0.3 is 15.1 Å². The summed E-state index contributed by atoms with van der Waals surface area (Å²) in [5.74, 6) is 0.917. The van der Waals surface area contributed by atoms with E-state index in [9.17, 15) is 0 Å². The van der Waals surface area contributed by atoms with Gasteiger partial charge in [-0.25, -0.2) is 0 Å². The smallest absolute Gasteiger partial charge is 0.0223 e. The van der Waals surface area contributed by atoms with Gasteiger partial charge in [0.25, 0.3) is 0 Å². The highest BCUT2D eigenvalue weighted by Gasteiger charge is 2.25. The van der Waals surface area contributed by atoms with E-state index < -0.39 is 0 Å². The van der Waals surface area contributed by atoms with E-state index in [2.05, 4.69) is 43.1 Å². The molecule has 0 aromatic rings. The molecule has 0 aromatic heterocycles. The second-order valence-electron chi connectivity index (χ2n) is 6.71. The molecule has 1 N–H and O–H groups in total. The summed E-state index contributed by atoms with van der Waals surface area (Å²) in [5, 5.41) is 3.83. The Hall–Kier alpha value is -0.120. The quantitative estimate of drug-likeness (QED) is 0.629. The molecule has 0 aliphatic heterocycles. The van der Waals surface area contributed by atoms with Crippen LogP contribution in [0.4, 0.5) is 0 Å². The first-order chi connectivity index (χ1) is 9.67. The molecule has 3 nitrogen and oxygen atoms in total. The third-order valence-electron chi connectivity index (χ3n) is 4.48. The first-order valence-electron chi connectivity index (χ1n) is 8.77. The van der Waals surface area contributed by atoms with Crippen molar-refractivity contribution >= 4 is 0 Å². The van der Waals surface area contributed by atoms with Gasteiger partial charge in [-0.15, -0.1) is 0 Å². The van der Waals surface area contributed by atoms with Gasteiger partial charge >= 0.3 is 0 Å². The molecule has 1 aliphatic rings. The second kappa shape index (κ2) is 10.6. The molecule has 1 fully saturated rings. The van der Waals surface area contributed by atoms with Gasteiger partial charge in [0.2, 0.25) is 0 Å². The molecule has 0 spiro atoms. The monoisotopic (exact) mass is 283 g/mol. The third-order valence-corrected chi connectivity index (χ3v) is 4.48. The average molecular weight is 284 g/mol. The first kappa shape index (κ1) is 17.9. The Bertz CT molecular complexity index is 224. The summed E-state index contributed by atoms with van der Waals surface area (Å²) in [6, 6.07) is 0.714. The molecule has 0 aromatic carbocycles. The molecule has 0 heterocycles. The molecule has 120 valence electrons. The van der Waals surface area contributed by atoms with Crippen molar-refractivity contribution < 1.29 is 0 Å². The lowest BCUT2D eigenvalue weighted by atomic mass is 9.97. The highest BCUT2D eigenvalue weighted by molar-refractivity contribution is 4.83. The minimum atomic E-state index is 0.714. The fourth-order valence-electron chi connectivity index (χ4n) is 3.30. The Morgan fingerprint density at radius 3 is 2.25 bits per heavy atom. The molecule has 1 saturated carbocycles. The van der Waals surface area contributed by atoms with Crippen LogP contribution >= 0.6 is 0 Å². The summed E-state index contributed by atoms with van der Waals surface area (Å²) in [6.07, 6.45) is 8.28. The van der Waals surface area contributed by atoms with Crippen LogP contribution in [-0.2, 0) is 0 Å². The number of hydrogen-bond acceptors (Lipinski definition) is 3. The Kier molecular flexibility index (Phi) is 9.49. The lowest BCUT2D eigenvalue weighted by Crippen LogP contribution is -2.47. The number of likely N-dealkylation sites (N-methyl/N-ethyl adjacent to an activating group) is 1. The molecule has 3 heteroatoms. The lowest BCUT2D eigenvalue weighted by Gasteiger charge is -2.32. The maximum absolute atomic E-state index is 3.83. The highest BCUT2D eigenvalue weighted by Crippen LogP contribution is 2.28. The summed E-state index contributed by atoms with van der Waals surface area (Å²) in [4.78, 5) is 4.97. The van der Waals surface area contributed by atoms with E-state index in [1.165, 1.54) is 71.2 Å². The summed E-state index contributed by atoms with van der Waals surface area (Å²) in [5.41, 5.74) is 0. The zero-order chi connectivity index (χ0) is 14.8. The van der Waals surface area contributed by atoms with Crippen LogP contribution in [0.2, 0.25) is 0 Å². The van der Waals surface area contributed by atoms with E-state index in [1.807, 2.05) is 0 Å². The Labute approximate surface area is 127 Å². The van der Waals surface area contributed by atoms with E-state index >= 15 is 0 Å². The Balaban J connectivity index is 2.48.